The quantitative estimate of drug-likeness (QED) is 0.510. The normalized spacial score (nSPS) is 24.8. The van der Waals surface area contributed by atoms with Crippen molar-refractivity contribution in [3.63, 3.8) is 0 Å². The molecule has 0 aromatic heterocycles. The van der Waals surface area contributed by atoms with Gasteiger partial charge in [-0.05, 0) is 6.92 Å². The fourth-order valence-corrected chi connectivity index (χ4v) is 1.97. The third-order valence-electron chi connectivity index (χ3n) is 3.21. The minimum Gasteiger partial charge on any atom is -0.389 e. The Bertz CT molecular complexity index is 221. The van der Waals surface area contributed by atoms with E-state index in [9.17, 15) is 5.11 Å². The van der Waals surface area contributed by atoms with E-state index < -0.39 is 6.10 Å². The van der Waals surface area contributed by atoms with Crippen LogP contribution < -0.4 is 5.32 Å². The maximum absolute atomic E-state index is 9.74. The lowest BCUT2D eigenvalue weighted by molar-refractivity contribution is -0.0218. The van der Waals surface area contributed by atoms with Crippen LogP contribution >= 0.6 is 0 Å². The van der Waals surface area contributed by atoms with Gasteiger partial charge in [-0.1, -0.05) is 0 Å². The van der Waals surface area contributed by atoms with Gasteiger partial charge < -0.3 is 29.4 Å². The molecule has 1 rings (SSSR count). The Morgan fingerprint density at radius 1 is 1.37 bits per heavy atom. The number of hydrogen-bond acceptors (Lipinski definition) is 6. The van der Waals surface area contributed by atoms with Crippen molar-refractivity contribution in [3.8, 4) is 0 Å². The molecule has 0 amide bonds. The second-order valence-electron chi connectivity index (χ2n) is 4.75. The van der Waals surface area contributed by atoms with Crippen LogP contribution in [0.3, 0.4) is 0 Å². The topological polar surface area (TPSA) is 69.2 Å². The minimum atomic E-state index is -0.516. The molecule has 6 heteroatoms. The van der Waals surface area contributed by atoms with Gasteiger partial charge in [-0.2, -0.15) is 0 Å². The Morgan fingerprint density at radius 3 is 2.79 bits per heavy atom. The summed E-state index contributed by atoms with van der Waals surface area (Å²) in [7, 11) is 1.70. The summed E-state index contributed by atoms with van der Waals surface area (Å²) in [6.45, 7) is 6.54. The van der Waals surface area contributed by atoms with Crippen LogP contribution in [-0.4, -0.2) is 76.7 Å². The molecule has 1 saturated heterocycles. The molecule has 2 atom stereocenters. The fraction of sp³-hybridized carbons (Fsp3) is 1.00. The van der Waals surface area contributed by atoms with Crippen molar-refractivity contribution in [1.82, 2.24) is 5.32 Å². The molecule has 0 spiro atoms. The molecule has 1 fully saturated rings. The van der Waals surface area contributed by atoms with Gasteiger partial charge in [-0.3, -0.25) is 0 Å². The van der Waals surface area contributed by atoms with Crippen LogP contribution in [0.25, 0.3) is 0 Å². The maximum Gasteiger partial charge on any atom is 0.106 e. The number of aliphatic hydroxyl groups excluding tert-OH is 1. The Kier molecular flexibility index (Phi) is 8.52. The molecule has 0 bridgehead atoms. The average Bonchev–Trinajstić information content (AvgIpc) is 2.88. The highest BCUT2D eigenvalue weighted by Crippen LogP contribution is 2.21. The first-order valence-corrected chi connectivity index (χ1v) is 6.89. The summed E-state index contributed by atoms with van der Waals surface area (Å²) in [5.41, 5.74) is -0.241. The molecule has 1 heterocycles. The number of methoxy groups -OCH3 is 1. The first kappa shape index (κ1) is 16.8. The Morgan fingerprint density at radius 2 is 2.16 bits per heavy atom. The van der Waals surface area contributed by atoms with Crippen molar-refractivity contribution in [2.45, 2.75) is 25.0 Å². The predicted molar refractivity (Wildman–Crippen MR) is 71.4 cm³/mol. The Labute approximate surface area is 115 Å². The second-order valence-corrected chi connectivity index (χ2v) is 4.75. The molecule has 2 unspecified atom stereocenters. The molecule has 114 valence electrons. The maximum atomic E-state index is 9.74. The molecule has 19 heavy (non-hydrogen) atoms. The van der Waals surface area contributed by atoms with Gasteiger partial charge in [0.05, 0.1) is 32.5 Å². The zero-order chi connectivity index (χ0) is 14.0. The lowest BCUT2D eigenvalue weighted by Crippen LogP contribution is -2.45. The number of nitrogens with one attached hydrogen (secondary N) is 1. The van der Waals surface area contributed by atoms with E-state index in [-0.39, 0.29) is 5.60 Å². The molecule has 1 aliphatic heterocycles. The van der Waals surface area contributed by atoms with Crippen LogP contribution in [0.4, 0.5) is 0 Å². The van der Waals surface area contributed by atoms with Crippen LogP contribution in [0, 0.1) is 0 Å². The number of aliphatic hydroxyl groups is 1. The van der Waals surface area contributed by atoms with Crippen molar-refractivity contribution in [2.24, 2.45) is 0 Å². The third-order valence-corrected chi connectivity index (χ3v) is 3.21. The molecular formula is C13H27NO5. The van der Waals surface area contributed by atoms with Crippen molar-refractivity contribution >= 4 is 0 Å². The van der Waals surface area contributed by atoms with Crippen molar-refractivity contribution in [2.75, 3.05) is 59.8 Å². The van der Waals surface area contributed by atoms with Gasteiger partial charge >= 0.3 is 0 Å². The van der Waals surface area contributed by atoms with E-state index in [0.717, 1.165) is 13.0 Å². The molecule has 6 nitrogen and oxygen atoms in total. The van der Waals surface area contributed by atoms with Gasteiger partial charge in [0.25, 0.3) is 0 Å². The van der Waals surface area contributed by atoms with Gasteiger partial charge in [-0.15, -0.1) is 0 Å². The van der Waals surface area contributed by atoms with E-state index in [1.165, 1.54) is 0 Å². The van der Waals surface area contributed by atoms with Crippen molar-refractivity contribution in [3.05, 3.63) is 0 Å². The highest BCUT2D eigenvalue weighted by molar-refractivity contribution is 4.87. The smallest absolute Gasteiger partial charge is 0.106 e. The average molecular weight is 277 g/mol. The summed E-state index contributed by atoms with van der Waals surface area (Å²) in [5, 5.41) is 12.9. The first-order chi connectivity index (χ1) is 9.22. The monoisotopic (exact) mass is 277 g/mol. The number of hydrogen-bond donors (Lipinski definition) is 2. The van der Waals surface area contributed by atoms with E-state index in [1.807, 2.05) is 6.92 Å². The van der Waals surface area contributed by atoms with E-state index in [4.69, 9.17) is 18.9 Å². The number of rotatable bonds is 11. The van der Waals surface area contributed by atoms with Gasteiger partial charge in [-0.25, -0.2) is 0 Å². The zero-order valence-electron chi connectivity index (χ0n) is 12.0. The predicted octanol–water partition coefficient (Wildman–Crippen LogP) is -0.204. The SMILES string of the molecule is CCOCCOCC(O)CNCC1(OC)CCOC1. The summed E-state index contributed by atoms with van der Waals surface area (Å²) in [6.07, 6.45) is 0.370. The number of ether oxygens (including phenoxy) is 4. The summed E-state index contributed by atoms with van der Waals surface area (Å²) >= 11 is 0. The Hall–Kier alpha value is -0.240. The molecule has 0 saturated carbocycles. The van der Waals surface area contributed by atoms with Crippen LogP contribution in [0.5, 0.6) is 0 Å². The Balaban J connectivity index is 2.01. The highest BCUT2D eigenvalue weighted by Gasteiger charge is 2.34. The summed E-state index contributed by atoms with van der Waals surface area (Å²) in [4.78, 5) is 0. The molecule has 1 aliphatic rings. The summed E-state index contributed by atoms with van der Waals surface area (Å²) < 4.78 is 21.3. The highest BCUT2D eigenvalue weighted by atomic mass is 16.6. The van der Waals surface area contributed by atoms with Gasteiger partial charge in [0.2, 0.25) is 0 Å². The first-order valence-electron chi connectivity index (χ1n) is 6.89. The zero-order valence-corrected chi connectivity index (χ0v) is 12.0. The van der Waals surface area contributed by atoms with Crippen LogP contribution in [0.1, 0.15) is 13.3 Å². The summed E-state index contributed by atoms with van der Waals surface area (Å²) in [5.74, 6) is 0. The standard InChI is InChI=1S/C13H27NO5/c1-3-17-6-7-18-9-12(15)8-14-10-13(16-2)4-5-19-11-13/h12,14-15H,3-11H2,1-2H3. The summed E-state index contributed by atoms with van der Waals surface area (Å²) in [6, 6.07) is 0. The fourth-order valence-electron chi connectivity index (χ4n) is 1.97. The molecular weight excluding hydrogens is 250 g/mol. The van der Waals surface area contributed by atoms with Crippen LogP contribution in [0.15, 0.2) is 0 Å². The minimum absolute atomic E-state index is 0.241. The van der Waals surface area contributed by atoms with E-state index in [2.05, 4.69) is 5.32 Å². The largest absolute Gasteiger partial charge is 0.389 e. The lowest BCUT2D eigenvalue weighted by atomic mass is 10.0. The van der Waals surface area contributed by atoms with E-state index in [0.29, 0.717) is 46.1 Å². The van der Waals surface area contributed by atoms with Gasteiger partial charge in [0, 0.05) is 39.8 Å². The van der Waals surface area contributed by atoms with E-state index in [1.54, 1.807) is 7.11 Å². The van der Waals surface area contributed by atoms with Crippen molar-refractivity contribution in [1.29, 1.82) is 0 Å². The molecule has 0 aromatic rings. The van der Waals surface area contributed by atoms with Gasteiger partial charge in [0.1, 0.15) is 5.60 Å². The molecule has 0 radical (unpaired) electrons. The third kappa shape index (κ3) is 6.65. The molecule has 2 N–H and O–H groups in total. The lowest BCUT2D eigenvalue weighted by Gasteiger charge is -2.26. The van der Waals surface area contributed by atoms with Crippen molar-refractivity contribution < 1.29 is 24.1 Å². The van der Waals surface area contributed by atoms with Crippen LogP contribution in [-0.2, 0) is 18.9 Å². The molecule has 0 aromatic carbocycles. The van der Waals surface area contributed by atoms with Crippen LogP contribution in [0.2, 0.25) is 0 Å². The molecule has 0 aliphatic carbocycles. The van der Waals surface area contributed by atoms with Gasteiger partial charge in [0.15, 0.2) is 0 Å². The second kappa shape index (κ2) is 9.63. The van der Waals surface area contributed by atoms with E-state index >= 15 is 0 Å².